The van der Waals surface area contributed by atoms with Gasteiger partial charge < -0.3 is 10.6 Å². The van der Waals surface area contributed by atoms with E-state index in [-0.39, 0.29) is 5.91 Å². The molecule has 1 aliphatic rings. The van der Waals surface area contributed by atoms with Crippen molar-refractivity contribution in [3.05, 3.63) is 28.7 Å². The van der Waals surface area contributed by atoms with Gasteiger partial charge in [-0.25, -0.2) is 0 Å². The molecule has 1 aromatic rings. The molecule has 104 valence electrons. The lowest BCUT2D eigenvalue weighted by atomic mass is 10.2. The number of carbonyl (C=O) groups is 1. The van der Waals surface area contributed by atoms with Crippen molar-refractivity contribution in [3.63, 3.8) is 0 Å². The minimum atomic E-state index is 0.147. The smallest absolute Gasteiger partial charge is 0.220 e. The monoisotopic (exact) mass is 342 g/mol. The molecule has 0 aliphatic carbocycles. The van der Waals surface area contributed by atoms with Gasteiger partial charge in [0, 0.05) is 34.1 Å². The fourth-order valence-electron chi connectivity index (χ4n) is 2.07. The van der Waals surface area contributed by atoms with Gasteiger partial charge in [-0.05, 0) is 47.4 Å². The second-order valence-corrected chi connectivity index (χ2v) is 6.62. The highest BCUT2D eigenvalue weighted by Crippen LogP contribution is 2.27. The Hall–Kier alpha value is -0.520. The van der Waals surface area contributed by atoms with E-state index in [4.69, 9.17) is 0 Å². The Balaban J connectivity index is 1.62. The van der Waals surface area contributed by atoms with Gasteiger partial charge in [0.1, 0.15) is 0 Å². The van der Waals surface area contributed by atoms with Crippen LogP contribution in [0.25, 0.3) is 0 Å². The first kappa shape index (κ1) is 14.9. The van der Waals surface area contributed by atoms with Crippen molar-refractivity contribution in [2.45, 2.75) is 30.2 Å². The van der Waals surface area contributed by atoms with Crippen molar-refractivity contribution in [1.82, 2.24) is 10.6 Å². The molecule has 1 aliphatic heterocycles. The lowest BCUT2D eigenvalue weighted by Gasteiger charge is -2.11. The Labute approximate surface area is 127 Å². The second kappa shape index (κ2) is 7.92. The highest BCUT2D eigenvalue weighted by molar-refractivity contribution is 9.10. The molecule has 1 atom stereocenters. The summed E-state index contributed by atoms with van der Waals surface area (Å²) < 4.78 is 1.09. The molecule has 1 aromatic carbocycles. The average Bonchev–Trinajstić information content (AvgIpc) is 2.92. The van der Waals surface area contributed by atoms with Gasteiger partial charge in [-0.15, -0.1) is 11.8 Å². The van der Waals surface area contributed by atoms with Crippen molar-refractivity contribution in [2.24, 2.45) is 0 Å². The number of hydrogen-bond acceptors (Lipinski definition) is 3. The molecular weight excluding hydrogens is 324 g/mol. The third kappa shape index (κ3) is 5.16. The van der Waals surface area contributed by atoms with E-state index < -0.39 is 0 Å². The summed E-state index contributed by atoms with van der Waals surface area (Å²) in [5, 5.41) is 6.37. The van der Waals surface area contributed by atoms with E-state index in [2.05, 4.69) is 32.6 Å². The van der Waals surface area contributed by atoms with Crippen molar-refractivity contribution in [2.75, 3.05) is 18.8 Å². The first-order valence-electron chi connectivity index (χ1n) is 6.63. The largest absolute Gasteiger partial charge is 0.355 e. The van der Waals surface area contributed by atoms with E-state index >= 15 is 0 Å². The lowest BCUT2D eigenvalue weighted by Crippen LogP contribution is -2.37. The zero-order valence-electron chi connectivity index (χ0n) is 10.8. The van der Waals surface area contributed by atoms with E-state index in [9.17, 15) is 4.79 Å². The van der Waals surface area contributed by atoms with E-state index in [1.807, 2.05) is 18.2 Å². The fourth-order valence-corrected chi connectivity index (χ4v) is 3.59. The summed E-state index contributed by atoms with van der Waals surface area (Å²) in [6, 6.07) is 8.57. The summed E-state index contributed by atoms with van der Waals surface area (Å²) in [5.41, 5.74) is 0. The van der Waals surface area contributed by atoms with Gasteiger partial charge in [-0.2, -0.15) is 0 Å². The number of rotatable bonds is 6. The molecule has 1 unspecified atom stereocenters. The highest BCUT2D eigenvalue weighted by Gasteiger charge is 2.14. The maximum absolute atomic E-state index is 11.7. The van der Waals surface area contributed by atoms with Gasteiger partial charge >= 0.3 is 0 Å². The van der Waals surface area contributed by atoms with E-state index in [1.54, 1.807) is 11.8 Å². The van der Waals surface area contributed by atoms with Crippen LogP contribution < -0.4 is 10.6 Å². The molecule has 19 heavy (non-hydrogen) atoms. The summed E-state index contributed by atoms with van der Waals surface area (Å²) in [5.74, 6) is 0.959. The molecule has 0 saturated carbocycles. The minimum Gasteiger partial charge on any atom is -0.355 e. The van der Waals surface area contributed by atoms with Crippen LogP contribution >= 0.6 is 27.7 Å². The van der Waals surface area contributed by atoms with Crippen LogP contribution in [0.15, 0.2) is 33.6 Å². The summed E-state index contributed by atoms with van der Waals surface area (Å²) in [7, 11) is 0. The number of halogens is 1. The molecule has 0 radical (unpaired) electrons. The summed E-state index contributed by atoms with van der Waals surface area (Å²) in [4.78, 5) is 12.9. The lowest BCUT2D eigenvalue weighted by molar-refractivity contribution is -0.120. The molecule has 1 saturated heterocycles. The first-order valence-corrected chi connectivity index (χ1v) is 8.41. The van der Waals surface area contributed by atoms with Crippen molar-refractivity contribution in [3.8, 4) is 0 Å². The zero-order valence-corrected chi connectivity index (χ0v) is 13.2. The Morgan fingerprint density at radius 3 is 3.05 bits per heavy atom. The van der Waals surface area contributed by atoms with Crippen molar-refractivity contribution in [1.29, 1.82) is 0 Å². The predicted octanol–water partition coefficient (Wildman–Crippen LogP) is 2.80. The summed E-state index contributed by atoms with van der Waals surface area (Å²) in [6.45, 7) is 1.84. The van der Waals surface area contributed by atoms with E-state index in [0.717, 1.165) is 23.3 Å². The summed E-state index contributed by atoms with van der Waals surface area (Å²) >= 11 is 5.22. The Morgan fingerprint density at radius 2 is 2.32 bits per heavy atom. The average molecular weight is 343 g/mol. The minimum absolute atomic E-state index is 0.147. The third-order valence-electron chi connectivity index (χ3n) is 3.13. The van der Waals surface area contributed by atoms with Gasteiger partial charge in [0.25, 0.3) is 0 Å². The van der Waals surface area contributed by atoms with Crippen LogP contribution in [0.1, 0.15) is 19.3 Å². The third-order valence-corrected chi connectivity index (χ3v) is 5.16. The van der Waals surface area contributed by atoms with Crippen LogP contribution in [-0.4, -0.2) is 30.8 Å². The maximum Gasteiger partial charge on any atom is 0.220 e. The fraction of sp³-hybridized carbons (Fsp3) is 0.500. The van der Waals surface area contributed by atoms with Crippen LogP contribution in [0, 0.1) is 0 Å². The molecule has 1 fully saturated rings. The van der Waals surface area contributed by atoms with Gasteiger partial charge in [0.2, 0.25) is 5.91 Å². The van der Waals surface area contributed by atoms with E-state index in [0.29, 0.717) is 12.5 Å². The summed E-state index contributed by atoms with van der Waals surface area (Å²) in [6.07, 6.45) is 2.96. The van der Waals surface area contributed by atoms with Crippen LogP contribution in [0.5, 0.6) is 0 Å². The van der Waals surface area contributed by atoms with Crippen LogP contribution in [0.4, 0.5) is 0 Å². The number of carbonyl (C=O) groups excluding carboxylic acids is 1. The SMILES string of the molecule is O=C(CCSc1ccccc1Br)NCC1CCCN1. The topological polar surface area (TPSA) is 41.1 Å². The molecule has 5 heteroatoms. The molecular formula is C14H19BrN2OS. The number of amides is 1. The molecule has 1 heterocycles. The molecule has 2 rings (SSSR count). The number of nitrogens with one attached hydrogen (secondary N) is 2. The number of benzene rings is 1. The maximum atomic E-state index is 11.7. The Bertz CT molecular complexity index is 422. The van der Waals surface area contributed by atoms with E-state index in [1.165, 1.54) is 17.7 Å². The van der Waals surface area contributed by atoms with Crippen LogP contribution in [0.2, 0.25) is 0 Å². The molecule has 0 spiro atoms. The Kier molecular flexibility index (Phi) is 6.20. The van der Waals surface area contributed by atoms with Crippen molar-refractivity contribution < 1.29 is 4.79 Å². The van der Waals surface area contributed by atoms with Gasteiger partial charge in [0.05, 0.1) is 0 Å². The number of hydrogen-bond donors (Lipinski definition) is 2. The predicted molar refractivity (Wildman–Crippen MR) is 83.5 cm³/mol. The quantitative estimate of drug-likeness (QED) is 0.781. The first-order chi connectivity index (χ1) is 9.25. The molecule has 2 N–H and O–H groups in total. The second-order valence-electron chi connectivity index (χ2n) is 4.63. The van der Waals surface area contributed by atoms with Gasteiger partial charge in [-0.3, -0.25) is 4.79 Å². The standard InChI is InChI=1S/C14H19BrN2OS/c15-12-5-1-2-6-13(12)19-9-7-14(18)17-10-11-4-3-8-16-11/h1-2,5-6,11,16H,3-4,7-10H2,(H,17,18). The molecule has 0 bridgehead atoms. The van der Waals surface area contributed by atoms with Crippen LogP contribution in [-0.2, 0) is 4.79 Å². The van der Waals surface area contributed by atoms with Gasteiger partial charge in [0.15, 0.2) is 0 Å². The number of thioether (sulfide) groups is 1. The van der Waals surface area contributed by atoms with Crippen LogP contribution in [0.3, 0.4) is 0 Å². The Morgan fingerprint density at radius 1 is 1.47 bits per heavy atom. The van der Waals surface area contributed by atoms with Crippen molar-refractivity contribution >= 4 is 33.6 Å². The van der Waals surface area contributed by atoms with Gasteiger partial charge in [-0.1, -0.05) is 12.1 Å². The normalized spacial score (nSPS) is 18.5. The highest BCUT2D eigenvalue weighted by atomic mass is 79.9. The molecule has 1 amide bonds. The molecule has 0 aromatic heterocycles. The zero-order chi connectivity index (χ0) is 13.5. The molecule has 3 nitrogen and oxygen atoms in total.